The fraction of sp³-hybridized carbons (Fsp3) is 0.688. The van der Waals surface area contributed by atoms with E-state index in [9.17, 15) is 0 Å². The third-order valence-corrected chi connectivity index (χ3v) is 3.46. The molecule has 1 aromatic heterocycles. The van der Waals surface area contributed by atoms with Crippen LogP contribution >= 0.6 is 0 Å². The van der Waals surface area contributed by atoms with Crippen molar-refractivity contribution in [2.45, 2.75) is 26.3 Å². The molecule has 0 saturated carbocycles. The van der Waals surface area contributed by atoms with E-state index in [0.717, 1.165) is 64.1 Å². The van der Waals surface area contributed by atoms with Gasteiger partial charge in [0.25, 0.3) is 0 Å². The molecule has 0 atom stereocenters. The summed E-state index contributed by atoms with van der Waals surface area (Å²) in [7, 11) is 0. The van der Waals surface area contributed by atoms with Crippen LogP contribution in [0.2, 0.25) is 0 Å². The fourth-order valence-electron chi connectivity index (χ4n) is 2.31. The average molecular weight is 308 g/mol. The molecule has 6 heteroatoms. The normalized spacial score (nSPS) is 17.0. The Balaban J connectivity index is 1.72. The fourth-order valence-corrected chi connectivity index (χ4v) is 2.31. The van der Waals surface area contributed by atoms with Gasteiger partial charge in [-0.25, -0.2) is 0 Å². The van der Waals surface area contributed by atoms with Crippen LogP contribution in [0.5, 0.6) is 0 Å². The van der Waals surface area contributed by atoms with Gasteiger partial charge < -0.3 is 19.8 Å². The van der Waals surface area contributed by atoms with Crippen LogP contribution < -0.4 is 10.6 Å². The molecule has 2 heterocycles. The number of rotatable bonds is 7. The number of morpholine rings is 1. The van der Waals surface area contributed by atoms with Gasteiger partial charge in [-0.2, -0.15) is 0 Å². The first kappa shape index (κ1) is 16.8. The first-order valence-corrected chi connectivity index (χ1v) is 8.11. The third kappa shape index (κ3) is 6.49. The number of nitrogens with zero attached hydrogens (tertiary/aromatic N) is 2. The van der Waals surface area contributed by atoms with Crippen LogP contribution in [0.4, 0.5) is 0 Å². The molecule has 2 rings (SSSR count). The van der Waals surface area contributed by atoms with Gasteiger partial charge >= 0.3 is 0 Å². The lowest BCUT2D eigenvalue weighted by Crippen LogP contribution is -2.43. The number of furan rings is 1. The van der Waals surface area contributed by atoms with Crippen molar-refractivity contribution >= 4 is 5.96 Å². The number of guanidine groups is 1. The minimum atomic E-state index is 0.359. The molecular formula is C16H28N4O2. The maximum absolute atomic E-state index is 5.36. The number of hydrogen-bond acceptors (Lipinski definition) is 4. The van der Waals surface area contributed by atoms with Crippen LogP contribution in [0.3, 0.4) is 0 Å². The minimum Gasteiger partial charge on any atom is -0.469 e. The molecule has 1 fully saturated rings. The zero-order valence-electron chi connectivity index (χ0n) is 13.7. The third-order valence-electron chi connectivity index (χ3n) is 3.46. The summed E-state index contributed by atoms with van der Waals surface area (Å²) in [6.45, 7) is 10.5. The van der Waals surface area contributed by atoms with Crippen LogP contribution in [0.25, 0.3) is 0 Å². The van der Waals surface area contributed by atoms with Gasteiger partial charge in [0.05, 0.1) is 26.0 Å². The SMILES string of the molecule is CC(C)NC(=NCCN1CCOCC1)NCCc1ccco1. The van der Waals surface area contributed by atoms with E-state index in [-0.39, 0.29) is 0 Å². The molecule has 6 nitrogen and oxygen atoms in total. The standard InChI is InChI=1S/C16H28N4O2/c1-14(2)19-16(17-6-5-15-4-3-11-22-15)18-7-8-20-9-12-21-13-10-20/h3-4,11,14H,5-10,12-13H2,1-2H3,(H2,17,18,19). The molecule has 124 valence electrons. The predicted octanol–water partition coefficient (Wildman–Crippen LogP) is 1.10. The summed E-state index contributed by atoms with van der Waals surface area (Å²) in [6.07, 6.45) is 2.56. The zero-order valence-corrected chi connectivity index (χ0v) is 13.7. The molecule has 0 aliphatic carbocycles. The number of nitrogens with one attached hydrogen (secondary N) is 2. The molecule has 22 heavy (non-hydrogen) atoms. The van der Waals surface area contributed by atoms with Crippen molar-refractivity contribution in [1.29, 1.82) is 0 Å². The van der Waals surface area contributed by atoms with Gasteiger partial charge in [0, 0.05) is 38.6 Å². The summed E-state index contributed by atoms with van der Waals surface area (Å²) >= 11 is 0. The Kier molecular flexibility index (Phi) is 7.25. The monoisotopic (exact) mass is 308 g/mol. The highest BCUT2D eigenvalue weighted by atomic mass is 16.5. The summed E-state index contributed by atoms with van der Waals surface area (Å²) in [6, 6.07) is 4.27. The minimum absolute atomic E-state index is 0.359. The van der Waals surface area contributed by atoms with E-state index in [1.165, 1.54) is 0 Å². The van der Waals surface area contributed by atoms with E-state index in [0.29, 0.717) is 6.04 Å². The average Bonchev–Trinajstić information content (AvgIpc) is 3.01. The van der Waals surface area contributed by atoms with E-state index in [1.54, 1.807) is 6.26 Å². The summed E-state index contributed by atoms with van der Waals surface area (Å²) in [5.41, 5.74) is 0. The van der Waals surface area contributed by atoms with Crippen molar-refractivity contribution in [1.82, 2.24) is 15.5 Å². The highest BCUT2D eigenvalue weighted by Crippen LogP contribution is 1.99. The first-order valence-electron chi connectivity index (χ1n) is 8.11. The molecule has 0 radical (unpaired) electrons. The van der Waals surface area contributed by atoms with Crippen LogP contribution in [0.1, 0.15) is 19.6 Å². The van der Waals surface area contributed by atoms with Crippen molar-refractivity contribution in [3.05, 3.63) is 24.2 Å². The first-order chi connectivity index (χ1) is 10.7. The molecule has 1 aliphatic rings. The highest BCUT2D eigenvalue weighted by molar-refractivity contribution is 5.80. The molecule has 0 aromatic carbocycles. The Morgan fingerprint density at radius 1 is 1.36 bits per heavy atom. The lowest BCUT2D eigenvalue weighted by Gasteiger charge is -2.26. The van der Waals surface area contributed by atoms with Crippen LogP contribution in [0, 0.1) is 0 Å². The molecule has 0 spiro atoms. The lowest BCUT2D eigenvalue weighted by atomic mass is 10.3. The zero-order chi connectivity index (χ0) is 15.6. The summed E-state index contributed by atoms with van der Waals surface area (Å²) in [4.78, 5) is 7.05. The van der Waals surface area contributed by atoms with Crippen LogP contribution in [-0.2, 0) is 11.2 Å². The Bertz CT molecular complexity index is 425. The molecule has 0 amide bonds. The van der Waals surface area contributed by atoms with Gasteiger partial charge in [-0.1, -0.05) is 0 Å². The second kappa shape index (κ2) is 9.48. The van der Waals surface area contributed by atoms with Gasteiger partial charge in [0.15, 0.2) is 5.96 Å². The van der Waals surface area contributed by atoms with Gasteiger partial charge in [-0.15, -0.1) is 0 Å². The van der Waals surface area contributed by atoms with Crippen molar-refractivity contribution in [2.75, 3.05) is 45.9 Å². The molecule has 2 N–H and O–H groups in total. The van der Waals surface area contributed by atoms with E-state index in [4.69, 9.17) is 9.15 Å². The van der Waals surface area contributed by atoms with Gasteiger partial charge in [0.1, 0.15) is 5.76 Å². The summed E-state index contributed by atoms with van der Waals surface area (Å²) < 4.78 is 10.7. The van der Waals surface area contributed by atoms with Crippen molar-refractivity contribution in [2.24, 2.45) is 4.99 Å². The van der Waals surface area contributed by atoms with Gasteiger partial charge in [-0.05, 0) is 26.0 Å². The van der Waals surface area contributed by atoms with E-state index in [1.807, 2.05) is 12.1 Å². The van der Waals surface area contributed by atoms with Crippen LogP contribution in [-0.4, -0.2) is 62.8 Å². The van der Waals surface area contributed by atoms with Crippen molar-refractivity contribution in [3.63, 3.8) is 0 Å². The largest absolute Gasteiger partial charge is 0.469 e. The van der Waals surface area contributed by atoms with Gasteiger partial charge in [0.2, 0.25) is 0 Å². The molecular weight excluding hydrogens is 280 g/mol. The van der Waals surface area contributed by atoms with Crippen molar-refractivity contribution in [3.8, 4) is 0 Å². The predicted molar refractivity (Wildman–Crippen MR) is 88.2 cm³/mol. The Labute approximate surface area is 132 Å². The second-order valence-electron chi connectivity index (χ2n) is 5.74. The van der Waals surface area contributed by atoms with E-state index >= 15 is 0 Å². The Morgan fingerprint density at radius 3 is 2.86 bits per heavy atom. The summed E-state index contributed by atoms with van der Waals surface area (Å²) in [5, 5.41) is 6.73. The number of ether oxygens (including phenoxy) is 1. The van der Waals surface area contributed by atoms with E-state index in [2.05, 4.69) is 34.4 Å². The molecule has 0 unspecified atom stereocenters. The molecule has 1 aromatic rings. The second-order valence-corrected chi connectivity index (χ2v) is 5.74. The summed E-state index contributed by atoms with van der Waals surface area (Å²) in [5.74, 6) is 1.86. The molecule has 1 saturated heterocycles. The number of hydrogen-bond donors (Lipinski definition) is 2. The number of aliphatic imine (C=N–C) groups is 1. The highest BCUT2D eigenvalue weighted by Gasteiger charge is 2.09. The van der Waals surface area contributed by atoms with E-state index < -0.39 is 0 Å². The quantitative estimate of drug-likeness (QED) is 0.583. The maximum Gasteiger partial charge on any atom is 0.191 e. The van der Waals surface area contributed by atoms with Crippen LogP contribution in [0.15, 0.2) is 27.8 Å². The Hall–Kier alpha value is -1.53. The molecule has 1 aliphatic heterocycles. The maximum atomic E-state index is 5.36. The topological polar surface area (TPSA) is 62.0 Å². The van der Waals surface area contributed by atoms with Gasteiger partial charge in [-0.3, -0.25) is 9.89 Å². The smallest absolute Gasteiger partial charge is 0.191 e. The lowest BCUT2D eigenvalue weighted by molar-refractivity contribution is 0.0394. The molecule has 0 bridgehead atoms. The van der Waals surface area contributed by atoms with Crippen molar-refractivity contribution < 1.29 is 9.15 Å². The Morgan fingerprint density at radius 2 is 2.18 bits per heavy atom.